The normalized spacial score (nSPS) is 34.0. The zero-order valence-corrected chi connectivity index (χ0v) is 21.2. The monoisotopic (exact) mass is 431 g/mol. The molecule has 2 saturated heterocycles. The van der Waals surface area contributed by atoms with Gasteiger partial charge >= 0.3 is 0 Å². The molecule has 0 bridgehead atoms. The zero-order valence-electron chi connectivity index (χ0n) is 21.2. The van der Waals surface area contributed by atoms with Crippen molar-refractivity contribution in [3.8, 4) is 0 Å². The quantitative estimate of drug-likeness (QED) is 0.469. The largest absolute Gasteiger partial charge is 0.349 e. The number of benzene rings is 1. The van der Waals surface area contributed by atoms with E-state index in [1.54, 1.807) is 0 Å². The fourth-order valence-corrected chi connectivity index (χ4v) is 5.58. The average Bonchev–Trinajstić information content (AvgIpc) is 2.81. The summed E-state index contributed by atoms with van der Waals surface area (Å²) in [6.45, 7) is 19.7. The number of ether oxygens (including phenoxy) is 2. The van der Waals surface area contributed by atoms with Gasteiger partial charge in [-0.2, -0.15) is 5.06 Å². The second-order valence-corrected chi connectivity index (χ2v) is 10.5. The lowest BCUT2D eigenvalue weighted by atomic mass is 9.66. The molecule has 1 aromatic carbocycles. The fraction of sp³-hybridized carbons (Fsp3) is 0.778. The third kappa shape index (κ3) is 4.21. The molecule has 0 N–H and O–H groups in total. The Morgan fingerprint density at radius 1 is 0.968 bits per heavy atom. The summed E-state index contributed by atoms with van der Waals surface area (Å²) < 4.78 is 13.5. The second-order valence-electron chi connectivity index (χ2n) is 10.5. The molecule has 0 amide bonds. The van der Waals surface area contributed by atoms with Gasteiger partial charge in [0, 0.05) is 23.3 Å². The number of hydroxylamine groups is 2. The van der Waals surface area contributed by atoms with Gasteiger partial charge in [0.05, 0.1) is 18.8 Å². The van der Waals surface area contributed by atoms with Crippen LogP contribution >= 0.6 is 0 Å². The third-order valence-electron chi connectivity index (χ3n) is 8.93. The van der Waals surface area contributed by atoms with Crippen LogP contribution in [0.15, 0.2) is 30.3 Å². The molecule has 4 heteroatoms. The Bertz CT molecular complexity index is 708. The van der Waals surface area contributed by atoms with Crippen molar-refractivity contribution in [2.24, 2.45) is 11.3 Å². The van der Waals surface area contributed by atoms with Crippen molar-refractivity contribution in [2.75, 3.05) is 13.2 Å². The minimum absolute atomic E-state index is 0.0137. The van der Waals surface area contributed by atoms with Crippen LogP contribution in [-0.4, -0.2) is 35.1 Å². The van der Waals surface area contributed by atoms with Crippen molar-refractivity contribution in [3.05, 3.63) is 35.9 Å². The van der Waals surface area contributed by atoms with Crippen molar-refractivity contribution >= 4 is 0 Å². The van der Waals surface area contributed by atoms with Crippen LogP contribution in [0.2, 0.25) is 0 Å². The highest BCUT2D eigenvalue weighted by molar-refractivity contribution is 5.17. The van der Waals surface area contributed by atoms with Crippen LogP contribution in [0.1, 0.15) is 99.2 Å². The zero-order chi connectivity index (χ0) is 22.9. The van der Waals surface area contributed by atoms with Crippen molar-refractivity contribution in [1.82, 2.24) is 5.06 Å². The molecule has 0 aromatic heterocycles. The summed E-state index contributed by atoms with van der Waals surface area (Å²) in [5.41, 5.74) is 0.961. The first-order chi connectivity index (χ1) is 14.6. The third-order valence-corrected chi connectivity index (χ3v) is 8.93. The van der Waals surface area contributed by atoms with Crippen LogP contribution in [0.3, 0.4) is 0 Å². The predicted molar refractivity (Wildman–Crippen MR) is 127 cm³/mol. The van der Waals surface area contributed by atoms with E-state index in [9.17, 15) is 0 Å². The lowest BCUT2D eigenvalue weighted by molar-refractivity contribution is -0.416. The molecular weight excluding hydrogens is 386 g/mol. The number of hydrogen-bond acceptors (Lipinski definition) is 4. The van der Waals surface area contributed by atoms with Crippen LogP contribution in [0.4, 0.5) is 0 Å². The van der Waals surface area contributed by atoms with Crippen LogP contribution < -0.4 is 0 Å². The summed E-state index contributed by atoms with van der Waals surface area (Å²) in [5, 5.41) is 2.32. The Balaban J connectivity index is 1.93. The van der Waals surface area contributed by atoms with Crippen molar-refractivity contribution < 1.29 is 14.3 Å². The summed E-state index contributed by atoms with van der Waals surface area (Å²) in [5.74, 6) is -0.376. The maximum atomic E-state index is 6.80. The van der Waals surface area contributed by atoms with E-state index in [1.807, 2.05) is 0 Å². The summed E-state index contributed by atoms with van der Waals surface area (Å²) >= 11 is 0. The number of hydrogen-bond donors (Lipinski definition) is 0. The summed E-state index contributed by atoms with van der Waals surface area (Å²) in [7, 11) is 0. The van der Waals surface area contributed by atoms with Crippen molar-refractivity contribution in [1.29, 1.82) is 0 Å². The molecule has 4 unspecified atom stereocenters. The fourth-order valence-electron chi connectivity index (χ4n) is 5.58. The number of piperidine rings is 1. The maximum Gasteiger partial charge on any atom is 0.174 e. The van der Waals surface area contributed by atoms with E-state index in [2.05, 4.69) is 90.8 Å². The molecule has 0 saturated carbocycles. The topological polar surface area (TPSA) is 30.9 Å². The maximum absolute atomic E-state index is 6.80. The second kappa shape index (κ2) is 9.13. The minimum Gasteiger partial charge on any atom is -0.349 e. The van der Waals surface area contributed by atoms with Crippen molar-refractivity contribution in [3.63, 3.8) is 0 Å². The number of nitrogens with zero attached hydrogens (tertiary/aromatic N) is 1. The van der Waals surface area contributed by atoms with Crippen LogP contribution in [-0.2, 0) is 14.3 Å². The molecule has 4 nitrogen and oxygen atoms in total. The van der Waals surface area contributed by atoms with Gasteiger partial charge < -0.3 is 9.47 Å². The Kier molecular flexibility index (Phi) is 7.27. The minimum atomic E-state index is -0.556. The molecule has 2 fully saturated rings. The highest BCUT2D eigenvalue weighted by Crippen LogP contribution is 2.55. The molecule has 4 atom stereocenters. The van der Waals surface area contributed by atoms with E-state index in [1.165, 1.54) is 5.56 Å². The van der Waals surface area contributed by atoms with Gasteiger partial charge in [-0.1, -0.05) is 65.0 Å². The van der Waals surface area contributed by atoms with Crippen LogP contribution in [0.25, 0.3) is 0 Å². The van der Waals surface area contributed by atoms with Gasteiger partial charge in [-0.25, -0.2) is 0 Å². The molecule has 0 aliphatic carbocycles. The molecule has 1 aromatic rings. The van der Waals surface area contributed by atoms with E-state index in [0.29, 0.717) is 0 Å². The van der Waals surface area contributed by atoms with E-state index < -0.39 is 5.79 Å². The van der Waals surface area contributed by atoms with E-state index >= 15 is 0 Å². The van der Waals surface area contributed by atoms with Crippen LogP contribution in [0, 0.1) is 11.3 Å². The molecule has 2 aliphatic heterocycles. The molecule has 176 valence electrons. The Labute approximate surface area is 190 Å². The smallest absolute Gasteiger partial charge is 0.174 e. The van der Waals surface area contributed by atoms with Crippen molar-refractivity contribution in [2.45, 2.75) is 110 Å². The van der Waals surface area contributed by atoms with Crippen LogP contribution in [0.5, 0.6) is 0 Å². The summed E-state index contributed by atoms with van der Waals surface area (Å²) in [4.78, 5) is 6.80. The number of rotatable bonds is 7. The standard InChI is InChI=1S/C27H45NO3/c1-9-24(7)18-27(29-19-26(11-3,12-4)20-30-27)22(6)25(8,10-2)28(24)31-21(5)23-16-14-13-15-17-23/h13-17,21-22H,9-12,18-20H2,1-8H3. The summed E-state index contributed by atoms with van der Waals surface area (Å²) in [6, 6.07) is 10.5. The first-order valence-electron chi connectivity index (χ1n) is 12.4. The van der Waals surface area contributed by atoms with E-state index in [4.69, 9.17) is 14.3 Å². The molecule has 2 aliphatic rings. The predicted octanol–water partition coefficient (Wildman–Crippen LogP) is 6.91. The lowest BCUT2D eigenvalue weighted by Gasteiger charge is -2.64. The van der Waals surface area contributed by atoms with Gasteiger partial charge in [0.15, 0.2) is 5.79 Å². The first kappa shape index (κ1) is 24.7. The average molecular weight is 432 g/mol. The Morgan fingerprint density at radius 3 is 2.03 bits per heavy atom. The summed E-state index contributed by atoms with van der Waals surface area (Å²) in [6.07, 6.45) is 4.92. The van der Waals surface area contributed by atoms with Gasteiger partial charge in [0.2, 0.25) is 0 Å². The van der Waals surface area contributed by atoms with Gasteiger partial charge in [-0.3, -0.25) is 4.84 Å². The Morgan fingerprint density at radius 2 is 1.55 bits per heavy atom. The SMILES string of the molecule is CCC1(CC)COC2(CC(C)(CC)N(OC(C)c3ccccc3)C(C)(CC)C2C)OC1. The van der Waals surface area contributed by atoms with Gasteiger partial charge in [0.1, 0.15) is 6.10 Å². The molecule has 31 heavy (non-hydrogen) atoms. The lowest BCUT2D eigenvalue weighted by Crippen LogP contribution is -2.73. The van der Waals surface area contributed by atoms with Gasteiger partial charge in [-0.05, 0) is 52.0 Å². The van der Waals surface area contributed by atoms with Gasteiger partial charge in [0.25, 0.3) is 0 Å². The highest BCUT2D eigenvalue weighted by Gasteiger charge is 2.63. The Hall–Kier alpha value is -0.940. The van der Waals surface area contributed by atoms with Gasteiger partial charge in [-0.15, -0.1) is 0 Å². The molecule has 1 spiro atoms. The highest BCUT2D eigenvalue weighted by atomic mass is 16.7. The molecule has 3 rings (SSSR count). The van der Waals surface area contributed by atoms with E-state index in [-0.39, 0.29) is 28.5 Å². The van der Waals surface area contributed by atoms with E-state index in [0.717, 1.165) is 45.3 Å². The molecular formula is C27H45NO3. The molecule has 0 radical (unpaired) electrons. The first-order valence-corrected chi connectivity index (χ1v) is 12.4. The molecule has 2 heterocycles.